The maximum atomic E-state index is 11.7. The smallest absolute Gasteiger partial charge is 0.324 e. The summed E-state index contributed by atoms with van der Waals surface area (Å²) < 4.78 is 30.1. The summed E-state index contributed by atoms with van der Waals surface area (Å²) in [6.07, 6.45) is 0. The first-order valence-corrected chi connectivity index (χ1v) is 8.15. The fraction of sp³-hybridized carbons (Fsp3) is 0.231. The Morgan fingerprint density at radius 2 is 1.82 bits per heavy atom. The van der Waals surface area contributed by atoms with Gasteiger partial charge in [0.15, 0.2) is 5.82 Å². The molecule has 22 heavy (non-hydrogen) atoms. The second-order valence-corrected chi connectivity index (χ2v) is 6.50. The molecule has 2 amide bonds. The van der Waals surface area contributed by atoms with Crippen LogP contribution in [0.5, 0.6) is 0 Å². The predicted octanol–water partition coefficient (Wildman–Crippen LogP) is 2.39. The van der Waals surface area contributed by atoms with Crippen molar-refractivity contribution < 1.29 is 17.7 Å². The first-order valence-electron chi connectivity index (χ1n) is 6.50. The van der Waals surface area contributed by atoms with Gasteiger partial charge in [-0.3, -0.25) is 10.0 Å². The highest BCUT2D eigenvalue weighted by atomic mass is 32.2. The molecule has 0 bridgehead atoms. The van der Waals surface area contributed by atoms with Gasteiger partial charge in [0, 0.05) is 17.4 Å². The summed E-state index contributed by atoms with van der Waals surface area (Å²) in [7, 11) is -3.32. The third-order valence-corrected chi connectivity index (χ3v) is 3.97. The number of amides is 2. The molecule has 0 aliphatic rings. The summed E-state index contributed by atoms with van der Waals surface area (Å²) in [5, 5.41) is 8.74. The Morgan fingerprint density at radius 1 is 1.18 bits per heavy atom. The Bertz CT molecular complexity index is 753. The topological polar surface area (TPSA) is 113 Å². The molecule has 0 radical (unpaired) electrons. The van der Waals surface area contributed by atoms with Gasteiger partial charge in [0.05, 0.1) is 5.75 Å². The van der Waals surface area contributed by atoms with Crippen molar-refractivity contribution in [1.82, 2.24) is 5.16 Å². The fourth-order valence-electron chi connectivity index (χ4n) is 1.58. The molecule has 0 atom stereocenters. The largest absolute Gasteiger partial charge is 0.360 e. The summed E-state index contributed by atoms with van der Waals surface area (Å²) >= 11 is 0. The summed E-state index contributed by atoms with van der Waals surface area (Å²) in [6, 6.07) is 7.39. The first-order chi connectivity index (χ1) is 10.4. The van der Waals surface area contributed by atoms with E-state index < -0.39 is 16.1 Å². The molecule has 1 aromatic carbocycles. The molecule has 1 heterocycles. The van der Waals surface area contributed by atoms with Crippen LogP contribution in [0.3, 0.4) is 0 Å². The Hall–Kier alpha value is -2.55. The number of rotatable bonds is 5. The molecular weight excluding hydrogens is 308 g/mol. The number of benzene rings is 1. The zero-order chi connectivity index (χ0) is 16.2. The van der Waals surface area contributed by atoms with Crippen molar-refractivity contribution in [2.24, 2.45) is 0 Å². The van der Waals surface area contributed by atoms with Crippen LogP contribution in [0, 0.1) is 6.92 Å². The first kappa shape index (κ1) is 15.8. The van der Waals surface area contributed by atoms with Crippen molar-refractivity contribution in [2.45, 2.75) is 13.8 Å². The van der Waals surface area contributed by atoms with E-state index in [1.807, 2.05) is 0 Å². The summed E-state index contributed by atoms with van der Waals surface area (Å²) in [5.74, 6) is 0.886. The van der Waals surface area contributed by atoms with Crippen LogP contribution in [-0.4, -0.2) is 25.4 Å². The molecule has 0 fully saturated rings. The van der Waals surface area contributed by atoms with E-state index in [-0.39, 0.29) is 5.75 Å². The van der Waals surface area contributed by atoms with E-state index in [2.05, 4.69) is 20.5 Å². The number of aromatic nitrogens is 1. The van der Waals surface area contributed by atoms with Gasteiger partial charge in [0.1, 0.15) is 5.76 Å². The Kier molecular flexibility index (Phi) is 4.66. The van der Waals surface area contributed by atoms with E-state index in [4.69, 9.17) is 4.52 Å². The van der Waals surface area contributed by atoms with Crippen molar-refractivity contribution >= 4 is 33.2 Å². The van der Waals surface area contributed by atoms with Crippen LogP contribution in [0.25, 0.3) is 0 Å². The third-order valence-electron chi connectivity index (χ3n) is 2.67. The lowest BCUT2D eigenvalue weighted by Crippen LogP contribution is -2.19. The number of aryl methyl sites for hydroxylation is 1. The Balaban J connectivity index is 1.94. The molecule has 118 valence electrons. The number of hydrogen-bond acceptors (Lipinski definition) is 5. The normalized spacial score (nSPS) is 11.0. The summed E-state index contributed by atoms with van der Waals surface area (Å²) in [4.78, 5) is 11.7. The lowest BCUT2D eigenvalue weighted by molar-refractivity contribution is 0.262. The van der Waals surface area contributed by atoms with Crippen LogP contribution in [-0.2, 0) is 10.0 Å². The molecule has 0 saturated heterocycles. The predicted molar refractivity (Wildman–Crippen MR) is 83.4 cm³/mol. The van der Waals surface area contributed by atoms with Gasteiger partial charge in [-0.1, -0.05) is 5.16 Å². The highest BCUT2D eigenvalue weighted by molar-refractivity contribution is 7.92. The Morgan fingerprint density at radius 3 is 2.36 bits per heavy atom. The van der Waals surface area contributed by atoms with Gasteiger partial charge in [-0.2, -0.15) is 0 Å². The van der Waals surface area contributed by atoms with Crippen LogP contribution in [0.15, 0.2) is 34.9 Å². The monoisotopic (exact) mass is 324 g/mol. The molecular formula is C13H16N4O4S. The van der Waals surface area contributed by atoms with Gasteiger partial charge in [-0.05, 0) is 38.1 Å². The second-order valence-electron chi connectivity index (χ2n) is 4.48. The van der Waals surface area contributed by atoms with E-state index in [9.17, 15) is 13.2 Å². The quantitative estimate of drug-likeness (QED) is 0.781. The summed E-state index contributed by atoms with van der Waals surface area (Å²) in [6.45, 7) is 3.26. The number of nitrogens with zero attached hydrogens (tertiary/aromatic N) is 1. The number of carbonyl (C=O) groups is 1. The summed E-state index contributed by atoms with van der Waals surface area (Å²) in [5.41, 5.74) is 0.942. The minimum atomic E-state index is -3.32. The van der Waals surface area contributed by atoms with E-state index >= 15 is 0 Å². The highest BCUT2D eigenvalue weighted by Crippen LogP contribution is 2.15. The molecule has 0 saturated carbocycles. The van der Waals surface area contributed by atoms with E-state index in [0.29, 0.717) is 23.0 Å². The molecule has 0 spiro atoms. The van der Waals surface area contributed by atoms with Gasteiger partial charge in [-0.15, -0.1) is 0 Å². The average molecular weight is 324 g/mol. The van der Waals surface area contributed by atoms with Crippen LogP contribution < -0.4 is 15.4 Å². The minimum absolute atomic E-state index is 0.00742. The molecule has 2 aromatic rings. The van der Waals surface area contributed by atoms with Gasteiger partial charge < -0.3 is 9.84 Å². The molecule has 3 N–H and O–H groups in total. The molecule has 0 aliphatic carbocycles. The van der Waals surface area contributed by atoms with Crippen molar-refractivity contribution in [3.8, 4) is 0 Å². The molecule has 1 aromatic heterocycles. The van der Waals surface area contributed by atoms with Crippen LogP contribution in [0.2, 0.25) is 0 Å². The lowest BCUT2D eigenvalue weighted by Gasteiger charge is -2.08. The number of carbonyl (C=O) groups excluding carboxylic acids is 1. The van der Waals surface area contributed by atoms with Gasteiger partial charge in [0.2, 0.25) is 10.0 Å². The highest BCUT2D eigenvalue weighted by Gasteiger charge is 2.08. The number of nitrogens with one attached hydrogen (secondary N) is 3. The van der Waals surface area contributed by atoms with Crippen molar-refractivity contribution in [1.29, 1.82) is 0 Å². The zero-order valence-electron chi connectivity index (χ0n) is 12.1. The number of sulfonamides is 1. The standard InChI is InChI=1S/C13H16N4O4S/c1-3-22(19,20)17-11-6-4-10(5-7-11)14-13(18)15-12-8-9(2)21-16-12/h4-8,17H,3H2,1-2H3,(H2,14,15,16,18). The van der Waals surface area contributed by atoms with Crippen LogP contribution in [0.4, 0.5) is 22.0 Å². The van der Waals surface area contributed by atoms with Crippen LogP contribution in [0.1, 0.15) is 12.7 Å². The van der Waals surface area contributed by atoms with Crippen molar-refractivity contribution in [3.63, 3.8) is 0 Å². The van der Waals surface area contributed by atoms with E-state index in [1.54, 1.807) is 44.2 Å². The minimum Gasteiger partial charge on any atom is -0.360 e. The maximum absolute atomic E-state index is 11.7. The van der Waals surface area contributed by atoms with Gasteiger partial charge >= 0.3 is 6.03 Å². The lowest BCUT2D eigenvalue weighted by atomic mass is 10.3. The van der Waals surface area contributed by atoms with E-state index in [0.717, 1.165) is 0 Å². The van der Waals surface area contributed by atoms with Gasteiger partial charge in [0.25, 0.3) is 0 Å². The number of anilines is 3. The molecule has 0 aliphatic heterocycles. The molecule has 8 nitrogen and oxygen atoms in total. The SMILES string of the molecule is CCS(=O)(=O)Nc1ccc(NC(=O)Nc2cc(C)on2)cc1. The van der Waals surface area contributed by atoms with Crippen molar-refractivity contribution in [3.05, 3.63) is 36.1 Å². The molecule has 9 heteroatoms. The second kappa shape index (κ2) is 6.48. The number of urea groups is 1. The molecule has 2 rings (SSSR count). The Labute approximate surface area is 127 Å². The zero-order valence-corrected chi connectivity index (χ0v) is 12.9. The average Bonchev–Trinajstić information content (AvgIpc) is 2.86. The van der Waals surface area contributed by atoms with E-state index in [1.165, 1.54) is 0 Å². The van der Waals surface area contributed by atoms with Crippen LogP contribution >= 0.6 is 0 Å². The third kappa shape index (κ3) is 4.48. The fourth-order valence-corrected chi connectivity index (χ4v) is 2.22. The van der Waals surface area contributed by atoms with Crippen molar-refractivity contribution in [2.75, 3.05) is 21.1 Å². The van der Waals surface area contributed by atoms with Gasteiger partial charge in [-0.25, -0.2) is 13.2 Å². The maximum Gasteiger partial charge on any atom is 0.324 e. The number of hydrogen-bond donors (Lipinski definition) is 3. The molecule has 0 unspecified atom stereocenters.